The van der Waals surface area contributed by atoms with Gasteiger partial charge in [-0.1, -0.05) is 72.8 Å². The molecule has 0 saturated heterocycles. The van der Waals surface area contributed by atoms with Gasteiger partial charge in [-0.25, -0.2) is 24.1 Å². The molecule has 71 heavy (non-hydrogen) atoms. The highest BCUT2D eigenvalue weighted by atomic mass is 16.4. The van der Waals surface area contributed by atoms with Crippen molar-refractivity contribution in [1.29, 1.82) is 0 Å². The van der Waals surface area contributed by atoms with E-state index in [-0.39, 0.29) is 41.5 Å². The van der Waals surface area contributed by atoms with Crippen molar-refractivity contribution < 1.29 is 19.5 Å². The van der Waals surface area contributed by atoms with E-state index in [4.69, 9.17) is 25.2 Å². The number of carbonyl (C=O) groups is 3. The van der Waals surface area contributed by atoms with E-state index in [2.05, 4.69) is 50.8 Å². The van der Waals surface area contributed by atoms with Crippen molar-refractivity contribution in [3.8, 4) is 22.4 Å². The first-order chi connectivity index (χ1) is 34.6. The highest BCUT2D eigenvalue weighted by Gasteiger charge is 2.51. The zero-order chi connectivity index (χ0) is 48.1. The molecule has 17 nitrogen and oxygen atoms in total. The lowest BCUT2D eigenvalue weighted by Gasteiger charge is -2.34. The second kappa shape index (κ2) is 16.5. The minimum atomic E-state index is -0.993. The van der Waals surface area contributed by atoms with Crippen LogP contribution in [0.1, 0.15) is 80.7 Å². The molecule has 0 unspecified atom stereocenters. The van der Waals surface area contributed by atoms with Gasteiger partial charge in [-0.05, 0) is 97.7 Å². The van der Waals surface area contributed by atoms with E-state index in [0.717, 1.165) is 83.4 Å². The number of anilines is 6. The number of rotatable bonds is 11. The largest absolute Gasteiger partial charge is 0.478 e. The first-order valence-electron chi connectivity index (χ1n) is 24.2. The monoisotopic (exact) mass is 943 g/mol. The predicted molar refractivity (Wildman–Crippen MR) is 271 cm³/mol. The Morgan fingerprint density at radius 2 is 1.14 bits per heavy atom. The standard InChI is InChI=1S/C54H49N13O4/c1-62-50(68)44-46(56-37-10-4-3-5-11-37)64(60-48(44)66-42-15-7-13-40(42)58-53(62)66)29-31-17-21-33(22-18-31)39-26-25-36(28-55-39)35-9-6-12-38(27-35)57-47-45-49(61-65(47)30-32-19-23-34(24-20-32)52(70)71)67-43-16-8-14-41(43)59-54(67)63(2)51(45)69/h3-6,9-12,17-28,40-43,56-57H,7-8,13-16,29-30H2,1-2H3,(H,70,71)/t40-,41-,42+,43+/m1/s1. The van der Waals surface area contributed by atoms with Crippen LogP contribution in [0, 0.1) is 0 Å². The normalized spacial score (nSPS) is 20.5. The summed E-state index contributed by atoms with van der Waals surface area (Å²) in [6.07, 6.45) is 8.00. The third kappa shape index (κ3) is 7.04. The van der Waals surface area contributed by atoms with Crippen LogP contribution in [0.3, 0.4) is 0 Å². The molecule has 3 aromatic heterocycles. The van der Waals surface area contributed by atoms with Gasteiger partial charge in [0.15, 0.2) is 11.6 Å². The van der Waals surface area contributed by atoms with Crippen LogP contribution >= 0.6 is 0 Å². The number of carbonyl (C=O) groups excluding carboxylic acids is 2. The van der Waals surface area contributed by atoms with Crippen LogP contribution in [0.4, 0.5) is 34.6 Å². The topological polar surface area (TPSA) is 182 Å². The Hall–Kier alpha value is -8.60. The summed E-state index contributed by atoms with van der Waals surface area (Å²) in [4.78, 5) is 62.4. The summed E-state index contributed by atoms with van der Waals surface area (Å²) in [6.45, 7) is 0.743. The number of aliphatic imine (C=N–C) groups is 2. The highest BCUT2D eigenvalue weighted by molar-refractivity contribution is 6.22. The van der Waals surface area contributed by atoms with Gasteiger partial charge < -0.3 is 15.7 Å². The Bertz CT molecular complexity index is 3360. The van der Waals surface area contributed by atoms with Crippen molar-refractivity contribution in [2.24, 2.45) is 9.98 Å². The molecule has 17 heteroatoms. The number of pyridine rings is 1. The quantitative estimate of drug-likeness (QED) is 0.113. The van der Waals surface area contributed by atoms with Gasteiger partial charge in [0.1, 0.15) is 22.8 Å². The molecule has 13 rings (SSSR count). The maximum absolute atomic E-state index is 14.2. The summed E-state index contributed by atoms with van der Waals surface area (Å²) in [5, 5.41) is 26.9. The van der Waals surface area contributed by atoms with E-state index in [9.17, 15) is 19.5 Å². The predicted octanol–water partition coefficient (Wildman–Crippen LogP) is 8.46. The Balaban J connectivity index is 0.767. The van der Waals surface area contributed by atoms with E-state index < -0.39 is 5.97 Å². The number of benzene rings is 4. The van der Waals surface area contributed by atoms with Crippen molar-refractivity contribution in [2.45, 2.75) is 75.8 Å². The number of nitrogens with one attached hydrogen (secondary N) is 2. The number of fused-ring (bicyclic) bond motifs is 10. The molecule has 4 aliphatic heterocycles. The summed E-state index contributed by atoms with van der Waals surface area (Å²) < 4.78 is 3.71. The molecule has 2 amide bonds. The third-order valence-electron chi connectivity index (χ3n) is 14.9. The van der Waals surface area contributed by atoms with Crippen molar-refractivity contribution >= 4 is 64.3 Å². The number of nitrogens with zero attached hydrogens (tertiary/aromatic N) is 11. The lowest BCUT2D eigenvalue weighted by Crippen LogP contribution is -2.51. The van der Waals surface area contributed by atoms with Crippen molar-refractivity contribution in [2.75, 3.05) is 34.5 Å². The summed E-state index contributed by atoms with van der Waals surface area (Å²) in [5.41, 5.74) is 8.34. The molecule has 3 N–H and O–H groups in total. The Labute approximate surface area is 408 Å². The number of carboxylic acids is 1. The van der Waals surface area contributed by atoms with E-state index in [1.54, 1.807) is 52.8 Å². The van der Waals surface area contributed by atoms with E-state index in [1.807, 2.05) is 71.5 Å². The average molecular weight is 944 g/mol. The first kappa shape index (κ1) is 42.5. The van der Waals surface area contributed by atoms with Crippen LogP contribution in [0.25, 0.3) is 22.4 Å². The van der Waals surface area contributed by atoms with Gasteiger partial charge in [-0.2, -0.15) is 10.2 Å². The van der Waals surface area contributed by atoms with Crippen molar-refractivity contribution in [3.63, 3.8) is 0 Å². The number of para-hydroxylation sites is 1. The minimum Gasteiger partial charge on any atom is -0.478 e. The summed E-state index contributed by atoms with van der Waals surface area (Å²) in [5.74, 6) is 2.45. The second-order valence-corrected chi connectivity index (χ2v) is 19.2. The molecule has 2 saturated carbocycles. The van der Waals surface area contributed by atoms with E-state index >= 15 is 0 Å². The second-order valence-electron chi connectivity index (χ2n) is 19.2. The summed E-state index contributed by atoms with van der Waals surface area (Å²) >= 11 is 0. The van der Waals surface area contributed by atoms with Crippen LogP contribution < -0.4 is 20.4 Å². The molecule has 2 fully saturated rings. The van der Waals surface area contributed by atoms with Crippen LogP contribution in [-0.2, 0) is 13.1 Å². The lowest BCUT2D eigenvalue weighted by molar-refractivity contribution is 0.0696. The fraction of sp³-hybridized carbons (Fsp3) is 0.259. The molecular formula is C54H49N13O4. The molecule has 0 bridgehead atoms. The van der Waals surface area contributed by atoms with Crippen LogP contribution in [0.5, 0.6) is 0 Å². The van der Waals surface area contributed by atoms with Gasteiger partial charge in [-0.3, -0.25) is 34.2 Å². The smallest absolute Gasteiger partial charge is 0.335 e. The zero-order valence-corrected chi connectivity index (χ0v) is 39.1. The Kier molecular flexibility index (Phi) is 9.90. The van der Waals surface area contributed by atoms with E-state index in [1.165, 1.54) is 0 Å². The number of hydrogen-bond donors (Lipinski definition) is 3. The highest BCUT2D eigenvalue weighted by Crippen LogP contribution is 2.45. The molecular weight excluding hydrogens is 895 g/mol. The molecule has 4 aromatic carbocycles. The average Bonchev–Trinajstić information content (AvgIpc) is 4.26. The van der Waals surface area contributed by atoms with Gasteiger partial charge >= 0.3 is 5.97 Å². The van der Waals surface area contributed by atoms with Crippen molar-refractivity contribution in [1.82, 2.24) is 34.3 Å². The van der Waals surface area contributed by atoms with Crippen LogP contribution in [0.2, 0.25) is 0 Å². The van der Waals surface area contributed by atoms with E-state index in [0.29, 0.717) is 59.4 Å². The first-order valence-corrected chi connectivity index (χ1v) is 24.2. The SMILES string of the molecule is CN1C(=O)c2c(nn(Cc3ccc(-c4ccc(-c5cccc(Nc6c7c(nn6Cc6ccc(C(=O)O)cc6)N6C(=N[C@@H]8CCC[C@@H]86)N(C)C7=O)c5)cn4)cc3)c2Nc2ccccc2)N2C1=N[C@@H]1CCC[C@@H]12. The number of aromatic carboxylic acids is 1. The summed E-state index contributed by atoms with van der Waals surface area (Å²) in [6, 6.07) is 37.6. The Morgan fingerprint density at radius 1 is 0.606 bits per heavy atom. The molecule has 0 radical (unpaired) electrons. The minimum absolute atomic E-state index is 0.119. The zero-order valence-electron chi connectivity index (χ0n) is 39.1. The van der Waals surface area contributed by atoms with Gasteiger partial charge in [-0.15, -0.1) is 0 Å². The molecule has 2 aliphatic carbocycles. The van der Waals surface area contributed by atoms with Gasteiger partial charge in [0.05, 0.1) is 48.5 Å². The number of amides is 2. The van der Waals surface area contributed by atoms with Gasteiger partial charge in [0.25, 0.3) is 11.8 Å². The fourth-order valence-electron chi connectivity index (χ4n) is 11.3. The van der Waals surface area contributed by atoms with Crippen molar-refractivity contribution in [3.05, 3.63) is 149 Å². The van der Waals surface area contributed by atoms with Crippen LogP contribution in [0.15, 0.2) is 131 Å². The number of hydrogen-bond acceptors (Lipinski definition) is 12. The molecule has 7 heterocycles. The van der Waals surface area contributed by atoms with Gasteiger partial charge in [0.2, 0.25) is 11.9 Å². The Morgan fingerprint density at radius 3 is 1.69 bits per heavy atom. The molecule has 6 aliphatic rings. The van der Waals surface area contributed by atoms with Crippen LogP contribution in [-0.4, -0.2) is 107 Å². The summed E-state index contributed by atoms with van der Waals surface area (Å²) in [7, 11) is 3.58. The molecule has 4 atom stereocenters. The van der Waals surface area contributed by atoms with Gasteiger partial charge in [0, 0.05) is 42.8 Å². The fourth-order valence-corrected chi connectivity index (χ4v) is 11.3. The third-order valence-corrected chi connectivity index (χ3v) is 14.9. The maximum atomic E-state index is 14.2. The molecule has 354 valence electrons. The lowest BCUT2D eigenvalue weighted by atomic mass is 10.0. The molecule has 0 spiro atoms. The number of carboxylic acid groups (broad SMARTS) is 1. The number of aromatic nitrogens is 5. The molecule has 7 aromatic rings. The maximum Gasteiger partial charge on any atom is 0.335 e. The number of guanidine groups is 2.